The lowest BCUT2D eigenvalue weighted by atomic mass is 9.97. The van der Waals surface area contributed by atoms with Gasteiger partial charge in [-0.15, -0.1) is 0 Å². The number of fused-ring (bicyclic) bond motifs is 6. The molecule has 0 fully saturated rings. The van der Waals surface area contributed by atoms with Crippen molar-refractivity contribution >= 4 is 38.2 Å². The summed E-state index contributed by atoms with van der Waals surface area (Å²) in [5.41, 5.74) is 13.6. The molecule has 4 heterocycles. The number of furan rings is 1. The van der Waals surface area contributed by atoms with Gasteiger partial charge in [0.15, 0.2) is 5.82 Å². The molecule has 5 nitrogen and oxygen atoms in total. The predicted molar refractivity (Wildman–Crippen MR) is 228 cm³/mol. The zero-order valence-electron chi connectivity index (χ0n) is 30.2. The molecule has 0 aliphatic carbocycles. The van der Waals surface area contributed by atoms with Gasteiger partial charge in [0.2, 0.25) is 0 Å². The van der Waals surface area contributed by atoms with Crippen molar-refractivity contribution in [1.82, 2.24) is 19.6 Å². The minimum Gasteiger partial charge on any atom is -0.456 e. The van der Waals surface area contributed by atoms with Crippen molar-refractivity contribution in [1.29, 1.82) is 0 Å². The topological polar surface area (TPSA) is 56.2 Å². The van der Waals surface area contributed by atoms with E-state index in [-0.39, 0.29) is 0 Å². The number of rotatable bonds is 6. The lowest BCUT2D eigenvalue weighted by molar-refractivity contribution is 0.669. The van der Waals surface area contributed by atoms with E-state index in [0.717, 1.165) is 99.9 Å². The third kappa shape index (κ3) is 5.37. The Balaban J connectivity index is 1.12. The SMILES string of the molecule is c1ccc(-c2cc(-c3ccc4c(c3)oc3ccccc34)nc(-c3cccc(-c4cc5ccccc5c5c(-c6ccccc6)c(-c6ccccc6)nn45)c3)n2)cc1. The molecular formula is C51H32N4O. The van der Waals surface area contributed by atoms with E-state index in [9.17, 15) is 0 Å². The molecule has 11 rings (SSSR count). The van der Waals surface area contributed by atoms with Gasteiger partial charge >= 0.3 is 0 Å². The Kier molecular flexibility index (Phi) is 7.42. The van der Waals surface area contributed by atoms with Crippen molar-refractivity contribution in [2.75, 3.05) is 0 Å². The maximum absolute atomic E-state index is 6.29. The summed E-state index contributed by atoms with van der Waals surface area (Å²) >= 11 is 0. The van der Waals surface area contributed by atoms with Crippen LogP contribution in [0.2, 0.25) is 0 Å². The van der Waals surface area contributed by atoms with Crippen LogP contribution >= 0.6 is 0 Å². The highest BCUT2D eigenvalue weighted by Crippen LogP contribution is 2.41. The number of aromatic nitrogens is 4. The number of nitrogens with zero attached hydrogens (tertiary/aromatic N) is 4. The molecule has 0 aliphatic heterocycles. The molecule has 0 saturated heterocycles. The van der Waals surface area contributed by atoms with Gasteiger partial charge in [-0.25, -0.2) is 14.5 Å². The second-order valence-corrected chi connectivity index (χ2v) is 14.1. The number of pyridine rings is 1. The average Bonchev–Trinajstić information content (AvgIpc) is 3.86. The summed E-state index contributed by atoms with van der Waals surface area (Å²) in [6.07, 6.45) is 0. The average molecular weight is 717 g/mol. The smallest absolute Gasteiger partial charge is 0.160 e. The molecule has 7 aromatic carbocycles. The van der Waals surface area contributed by atoms with Gasteiger partial charge < -0.3 is 4.42 Å². The molecule has 5 heteroatoms. The van der Waals surface area contributed by atoms with Crippen molar-refractivity contribution in [2.24, 2.45) is 0 Å². The molecule has 0 unspecified atom stereocenters. The molecule has 0 bridgehead atoms. The van der Waals surface area contributed by atoms with E-state index in [1.807, 2.05) is 42.5 Å². The van der Waals surface area contributed by atoms with Crippen molar-refractivity contribution in [2.45, 2.75) is 0 Å². The third-order valence-corrected chi connectivity index (χ3v) is 10.6. The molecule has 0 radical (unpaired) electrons. The molecule has 0 atom stereocenters. The fourth-order valence-corrected chi connectivity index (χ4v) is 7.95. The molecule has 0 spiro atoms. The number of hydrogen-bond donors (Lipinski definition) is 0. The van der Waals surface area contributed by atoms with Gasteiger partial charge in [0.05, 0.1) is 22.6 Å². The standard InChI is InChI=1S/C51H32N4O/c1-4-15-33(16-5-1)43-32-44(37-27-28-42-41-25-12-13-26-46(41)56-47(42)31-37)53-51(52-43)39-23-14-22-38(29-39)45-30-36-21-10-11-24-40(36)50-48(34-17-6-2-7-18-34)49(54-55(45)50)35-19-8-3-9-20-35/h1-32H. The van der Waals surface area contributed by atoms with Crippen molar-refractivity contribution in [3.8, 4) is 67.5 Å². The van der Waals surface area contributed by atoms with Crippen LogP contribution in [-0.2, 0) is 0 Å². The Morgan fingerprint density at radius 1 is 0.393 bits per heavy atom. The molecule has 11 aromatic rings. The maximum atomic E-state index is 6.29. The number of para-hydroxylation sites is 1. The fourth-order valence-electron chi connectivity index (χ4n) is 7.95. The highest BCUT2D eigenvalue weighted by molar-refractivity contribution is 6.09. The second-order valence-electron chi connectivity index (χ2n) is 14.1. The lowest BCUT2D eigenvalue weighted by Gasteiger charge is -2.12. The normalized spacial score (nSPS) is 11.6. The summed E-state index contributed by atoms with van der Waals surface area (Å²) in [5.74, 6) is 0.639. The molecule has 262 valence electrons. The summed E-state index contributed by atoms with van der Waals surface area (Å²) in [5, 5.41) is 9.89. The summed E-state index contributed by atoms with van der Waals surface area (Å²) in [6, 6.07) is 67.2. The van der Waals surface area contributed by atoms with Crippen LogP contribution in [0.15, 0.2) is 199 Å². The van der Waals surface area contributed by atoms with Gasteiger partial charge in [0.25, 0.3) is 0 Å². The monoisotopic (exact) mass is 716 g/mol. The van der Waals surface area contributed by atoms with Crippen LogP contribution in [0.1, 0.15) is 0 Å². The van der Waals surface area contributed by atoms with Gasteiger partial charge in [-0.1, -0.05) is 158 Å². The molecule has 0 amide bonds. The lowest BCUT2D eigenvalue weighted by Crippen LogP contribution is -1.98. The van der Waals surface area contributed by atoms with Crippen LogP contribution < -0.4 is 0 Å². The minimum atomic E-state index is 0.639. The molecule has 56 heavy (non-hydrogen) atoms. The Morgan fingerprint density at radius 2 is 1.00 bits per heavy atom. The van der Waals surface area contributed by atoms with E-state index in [1.165, 1.54) is 0 Å². The van der Waals surface area contributed by atoms with Crippen LogP contribution in [0.5, 0.6) is 0 Å². The quantitative estimate of drug-likeness (QED) is 0.172. The largest absolute Gasteiger partial charge is 0.456 e. The van der Waals surface area contributed by atoms with Gasteiger partial charge in [-0.2, -0.15) is 5.10 Å². The van der Waals surface area contributed by atoms with Crippen molar-refractivity contribution in [3.05, 3.63) is 194 Å². The van der Waals surface area contributed by atoms with Crippen LogP contribution in [0.25, 0.3) is 106 Å². The van der Waals surface area contributed by atoms with Crippen LogP contribution in [0.3, 0.4) is 0 Å². The van der Waals surface area contributed by atoms with E-state index < -0.39 is 0 Å². The molecular weight excluding hydrogens is 685 g/mol. The minimum absolute atomic E-state index is 0.639. The molecule has 0 saturated carbocycles. The van der Waals surface area contributed by atoms with E-state index in [2.05, 4.69) is 156 Å². The summed E-state index contributed by atoms with van der Waals surface area (Å²) < 4.78 is 8.42. The van der Waals surface area contributed by atoms with E-state index in [1.54, 1.807) is 0 Å². The third-order valence-electron chi connectivity index (χ3n) is 10.6. The summed E-state index contributed by atoms with van der Waals surface area (Å²) in [6.45, 7) is 0. The molecule has 0 N–H and O–H groups in total. The predicted octanol–water partition coefficient (Wildman–Crippen LogP) is 13.2. The Morgan fingerprint density at radius 3 is 1.79 bits per heavy atom. The highest BCUT2D eigenvalue weighted by Gasteiger charge is 2.22. The summed E-state index contributed by atoms with van der Waals surface area (Å²) in [7, 11) is 0. The van der Waals surface area contributed by atoms with Gasteiger partial charge in [0, 0.05) is 49.5 Å². The maximum Gasteiger partial charge on any atom is 0.160 e. The van der Waals surface area contributed by atoms with Crippen LogP contribution in [0.4, 0.5) is 0 Å². The van der Waals surface area contributed by atoms with Crippen molar-refractivity contribution in [3.63, 3.8) is 0 Å². The number of benzene rings is 7. The fraction of sp³-hybridized carbons (Fsp3) is 0. The second kappa shape index (κ2) is 13.0. The van der Waals surface area contributed by atoms with E-state index in [4.69, 9.17) is 19.5 Å². The van der Waals surface area contributed by atoms with Gasteiger partial charge in [0.1, 0.15) is 16.9 Å². The van der Waals surface area contributed by atoms with Gasteiger partial charge in [-0.05, 0) is 47.3 Å². The molecule has 4 aromatic heterocycles. The first-order chi connectivity index (χ1) is 27.7. The first-order valence-corrected chi connectivity index (χ1v) is 18.8. The zero-order chi connectivity index (χ0) is 37.0. The highest BCUT2D eigenvalue weighted by atomic mass is 16.3. The van der Waals surface area contributed by atoms with Crippen LogP contribution in [0, 0.1) is 0 Å². The van der Waals surface area contributed by atoms with Crippen molar-refractivity contribution < 1.29 is 4.42 Å². The Hall–Kier alpha value is -7.63. The van der Waals surface area contributed by atoms with Crippen LogP contribution in [-0.4, -0.2) is 19.6 Å². The Labute approximate surface area is 322 Å². The molecule has 0 aliphatic rings. The Bertz CT molecular complexity index is 3240. The first kappa shape index (κ1) is 31.9. The first-order valence-electron chi connectivity index (χ1n) is 18.8. The van der Waals surface area contributed by atoms with Gasteiger partial charge in [-0.3, -0.25) is 0 Å². The number of hydrogen-bond acceptors (Lipinski definition) is 4. The van der Waals surface area contributed by atoms with E-state index >= 15 is 0 Å². The summed E-state index contributed by atoms with van der Waals surface area (Å²) in [4.78, 5) is 10.4. The van der Waals surface area contributed by atoms with E-state index in [0.29, 0.717) is 5.82 Å². The zero-order valence-corrected chi connectivity index (χ0v) is 30.2.